The number of fused-ring (bicyclic) bond motifs is 1. The number of hydrogen-bond acceptors (Lipinski definition) is 5. The highest BCUT2D eigenvalue weighted by molar-refractivity contribution is 8.00. The second-order valence-corrected chi connectivity index (χ2v) is 8.14. The molecule has 0 saturated carbocycles. The van der Waals surface area contributed by atoms with E-state index in [-0.39, 0.29) is 17.6 Å². The fourth-order valence-electron chi connectivity index (χ4n) is 2.94. The van der Waals surface area contributed by atoms with Crippen LogP contribution in [0.25, 0.3) is 10.9 Å². The van der Waals surface area contributed by atoms with Crippen molar-refractivity contribution in [2.45, 2.75) is 42.8 Å². The molecule has 8 heteroatoms. The molecule has 0 unspecified atom stereocenters. The van der Waals surface area contributed by atoms with Crippen molar-refractivity contribution < 1.29 is 9.53 Å². The molecule has 6 nitrogen and oxygen atoms in total. The van der Waals surface area contributed by atoms with Crippen LogP contribution < -0.4 is 10.9 Å². The molecule has 1 saturated heterocycles. The van der Waals surface area contributed by atoms with Crippen LogP contribution in [0.3, 0.4) is 0 Å². The Hall–Kier alpha value is -1.83. The quantitative estimate of drug-likeness (QED) is 0.434. The van der Waals surface area contributed by atoms with E-state index in [4.69, 9.17) is 16.3 Å². The largest absolute Gasteiger partial charge is 0.376 e. The molecule has 1 amide bonds. The molecule has 0 bridgehead atoms. The van der Waals surface area contributed by atoms with Crippen molar-refractivity contribution >= 4 is 40.2 Å². The zero-order valence-corrected chi connectivity index (χ0v) is 16.7. The van der Waals surface area contributed by atoms with Crippen LogP contribution in [0.5, 0.6) is 0 Å². The number of thioether (sulfide) groups is 1. The molecule has 1 aromatic carbocycles. The summed E-state index contributed by atoms with van der Waals surface area (Å²) in [6.07, 6.45) is 3.50. The van der Waals surface area contributed by atoms with Gasteiger partial charge in [0.25, 0.3) is 5.56 Å². The van der Waals surface area contributed by atoms with Crippen LogP contribution >= 0.6 is 23.4 Å². The topological polar surface area (TPSA) is 73.2 Å². The molecule has 3 rings (SSSR count). The Labute approximate surface area is 166 Å². The average molecular weight is 408 g/mol. The van der Waals surface area contributed by atoms with Gasteiger partial charge in [-0.1, -0.05) is 29.4 Å². The number of halogens is 1. The van der Waals surface area contributed by atoms with Gasteiger partial charge in [-0.2, -0.15) is 0 Å². The summed E-state index contributed by atoms with van der Waals surface area (Å²) in [7, 11) is 0. The number of hydrogen-bond donors (Lipinski definition) is 1. The van der Waals surface area contributed by atoms with Gasteiger partial charge in [0.15, 0.2) is 5.16 Å². The van der Waals surface area contributed by atoms with Crippen LogP contribution in [0.15, 0.2) is 40.8 Å². The summed E-state index contributed by atoms with van der Waals surface area (Å²) in [6, 6.07) is 5.04. The standard InChI is InChI=1S/C19H22ClN3O3S/c1-3-8-21-17(24)12(2)27-19-22-16-10-13(20)6-7-15(16)18(25)23(19)11-14-5-4-9-26-14/h3,6-7,10,12,14H,1,4-5,8-9,11H2,2H3,(H,21,24)/t12-,14-/m1/s1. The summed E-state index contributed by atoms with van der Waals surface area (Å²) in [6.45, 7) is 6.91. The highest BCUT2D eigenvalue weighted by Crippen LogP contribution is 2.25. The van der Waals surface area contributed by atoms with Crippen LogP contribution in [0, 0.1) is 0 Å². The highest BCUT2D eigenvalue weighted by atomic mass is 35.5. The second-order valence-electron chi connectivity index (χ2n) is 6.40. The molecule has 1 N–H and O–H groups in total. The summed E-state index contributed by atoms with van der Waals surface area (Å²) in [5.74, 6) is -0.135. The first-order chi connectivity index (χ1) is 13.0. The van der Waals surface area contributed by atoms with Crippen LogP contribution in [-0.2, 0) is 16.1 Å². The number of ether oxygens (including phenoxy) is 1. The van der Waals surface area contributed by atoms with Gasteiger partial charge < -0.3 is 10.1 Å². The van der Waals surface area contributed by atoms with E-state index in [1.807, 2.05) is 0 Å². The Morgan fingerprint density at radius 1 is 1.59 bits per heavy atom. The van der Waals surface area contributed by atoms with E-state index in [2.05, 4.69) is 16.9 Å². The zero-order chi connectivity index (χ0) is 19.4. The lowest BCUT2D eigenvalue weighted by atomic mass is 10.2. The second kappa shape index (κ2) is 8.91. The summed E-state index contributed by atoms with van der Waals surface area (Å²) >= 11 is 7.32. The van der Waals surface area contributed by atoms with Crippen molar-refractivity contribution in [2.75, 3.05) is 13.2 Å². The molecule has 27 heavy (non-hydrogen) atoms. The van der Waals surface area contributed by atoms with E-state index in [9.17, 15) is 9.59 Å². The van der Waals surface area contributed by atoms with Gasteiger partial charge in [-0.25, -0.2) is 4.98 Å². The monoisotopic (exact) mass is 407 g/mol. The minimum absolute atomic E-state index is 0.0153. The molecule has 144 valence electrons. The van der Waals surface area contributed by atoms with Crippen molar-refractivity contribution in [3.63, 3.8) is 0 Å². The van der Waals surface area contributed by atoms with Gasteiger partial charge in [0.1, 0.15) is 0 Å². The number of nitrogens with one attached hydrogen (secondary N) is 1. The maximum atomic E-state index is 13.1. The van der Waals surface area contributed by atoms with E-state index in [0.29, 0.717) is 40.8 Å². The maximum Gasteiger partial charge on any atom is 0.262 e. The number of carbonyl (C=O) groups excluding carboxylic acids is 1. The Morgan fingerprint density at radius 2 is 2.41 bits per heavy atom. The van der Waals surface area contributed by atoms with Gasteiger partial charge in [-0.05, 0) is 38.0 Å². The summed E-state index contributed by atoms with van der Waals surface area (Å²) in [5.41, 5.74) is 0.380. The Kier molecular flexibility index (Phi) is 6.57. The molecule has 2 atom stereocenters. The number of carbonyl (C=O) groups is 1. The fraction of sp³-hybridized carbons (Fsp3) is 0.421. The van der Waals surface area contributed by atoms with Gasteiger partial charge in [-0.15, -0.1) is 6.58 Å². The predicted octanol–water partition coefficient (Wildman–Crippen LogP) is 3.01. The highest BCUT2D eigenvalue weighted by Gasteiger charge is 2.23. The number of nitrogens with zero attached hydrogens (tertiary/aromatic N) is 2. The molecule has 1 aromatic heterocycles. The van der Waals surface area contributed by atoms with Crippen LogP contribution in [0.1, 0.15) is 19.8 Å². The number of benzene rings is 1. The summed E-state index contributed by atoms with van der Waals surface area (Å²) < 4.78 is 7.31. The molecule has 2 aromatic rings. The molecule has 0 spiro atoms. The van der Waals surface area contributed by atoms with Gasteiger partial charge in [0.2, 0.25) is 5.91 Å². The molecule has 2 heterocycles. The normalized spacial score (nSPS) is 17.8. The lowest BCUT2D eigenvalue weighted by molar-refractivity contribution is -0.120. The third-order valence-corrected chi connectivity index (χ3v) is 5.69. The number of rotatable bonds is 7. The summed E-state index contributed by atoms with van der Waals surface area (Å²) in [4.78, 5) is 29.9. The van der Waals surface area contributed by atoms with Gasteiger partial charge in [0, 0.05) is 18.2 Å². The third-order valence-electron chi connectivity index (χ3n) is 4.36. The van der Waals surface area contributed by atoms with E-state index >= 15 is 0 Å². The van der Waals surface area contributed by atoms with Crippen molar-refractivity contribution in [3.8, 4) is 0 Å². The molecular formula is C19H22ClN3O3S. The first-order valence-electron chi connectivity index (χ1n) is 8.86. The first-order valence-corrected chi connectivity index (χ1v) is 10.1. The third kappa shape index (κ3) is 4.72. The maximum absolute atomic E-state index is 13.1. The van der Waals surface area contributed by atoms with Crippen LogP contribution in [0.4, 0.5) is 0 Å². The van der Waals surface area contributed by atoms with Crippen molar-refractivity contribution in [1.82, 2.24) is 14.9 Å². The van der Waals surface area contributed by atoms with Gasteiger partial charge in [-0.3, -0.25) is 14.2 Å². The Morgan fingerprint density at radius 3 is 3.11 bits per heavy atom. The lowest BCUT2D eigenvalue weighted by Gasteiger charge is -2.18. The number of aromatic nitrogens is 2. The Bertz CT molecular complexity index is 909. The minimum atomic E-state index is -0.413. The molecule has 1 aliphatic rings. The van der Waals surface area contributed by atoms with Gasteiger partial charge in [0.05, 0.1) is 28.8 Å². The SMILES string of the molecule is C=CCNC(=O)[C@@H](C)Sc1nc2cc(Cl)ccc2c(=O)n1C[C@H]1CCCO1. The van der Waals surface area contributed by atoms with E-state index < -0.39 is 5.25 Å². The number of amides is 1. The molecule has 1 aliphatic heterocycles. The van der Waals surface area contributed by atoms with Crippen molar-refractivity contribution in [1.29, 1.82) is 0 Å². The van der Waals surface area contributed by atoms with Gasteiger partial charge >= 0.3 is 0 Å². The predicted molar refractivity (Wildman–Crippen MR) is 109 cm³/mol. The Balaban J connectivity index is 1.98. The smallest absolute Gasteiger partial charge is 0.262 e. The van der Waals surface area contributed by atoms with E-state index in [1.54, 1.807) is 35.8 Å². The zero-order valence-electron chi connectivity index (χ0n) is 15.1. The molecule has 1 fully saturated rings. The average Bonchev–Trinajstić information content (AvgIpc) is 3.15. The van der Waals surface area contributed by atoms with E-state index in [0.717, 1.165) is 12.8 Å². The molecule has 0 aliphatic carbocycles. The molecular weight excluding hydrogens is 386 g/mol. The van der Waals surface area contributed by atoms with Crippen LogP contribution in [0.2, 0.25) is 5.02 Å². The van der Waals surface area contributed by atoms with E-state index in [1.165, 1.54) is 11.8 Å². The summed E-state index contributed by atoms with van der Waals surface area (Å²) in [5, 5.41) is 3.86. The van der Waals surface area contributed by atoms with Crippen molar-refractivity contribution in [3.05, 3.63) is 46.2 Å². The minimum Gasteiger partial charge on any atom is -0.376 e. The fourth-order valence-corrected chi connectivity index (χ4v) is 4.05. The lowest BCUT2D eigenvalue weighted by Crippen LogP contribution is -2.33. The molecule has 0 radical (unpaired) electrons. The van der Waals surface area contributed by atoms with Crippen molar-refractivity contribution in [2.24, 2.45) is 0 Å². The van der Waals surface area contributed by atoms with Crippen LogP contribution in [-0.4, -0.2) is 40.0 Å². The first kappa shape index (κ1) is 19.9.